The fraction of sp³-hybridized carbons (Fsp3) is 0.235. The molecule has 1 atom stereocenters. The van der Waals surface area contributed by atoms with Crippen LogP contribution in [0.4, 0.5) is 15.8 Å². The topological polar surface area (TPSA) is 41.1 Å². The van der Waals surface area contributed by atoms with E-state index in [-0.39, 0.29) is 10.9 Å². The summed E-state index contributed by atoms with van der Waals surface area (Å²) in [6.07, 6.45) is 0.956. The molecule has 0 aliphatic rings. The molecular weight excluding hydrogens is 303 g/mol. The third-order valence-corrected chi connectivity index (χ3v) is 3.62. The molecule has 2 rings (SSSR count). The van der Waals surface area contributed by atoms with E-state index < -0.39 is 11.9 Å². The van der Waals surface area contributed by atoms with E-state index in [1.807, 2.05) is 24.3 Å². The molecule has 3 nitrogen and oxygen atoms in total. The Balaban J connectivity index is 1.97. The Labute approximate surface area is 134 Å². The molecule has 0 aromatic heterocycles. The van der Waals surface area contributed by atoms with Crippen LogP contribution in [0.25, 0.3) is 0 Å². The van der Waals surface area contributed by atoms with Crippen LogP contribution in [0.3, 0.4) is 0 Å². The normalized spacial score (nSPS) is 11.8. The van der Waals surface area contributed by atoms with E-state index in [1.54, 1.807) is 13.0 Å². The van der Waals surface area contributed by atoms with Gasteiger partial charge in [0.15, 0.2) is 0 Å². The van der Waals surface area contributed by atoms with Gasteiger partial charge in [-0.15, -0.1) is 0 Å². The molecule has 0 radical (unpaired) electrons. The molecule has 0 aliphatic carbocycles. The zero-order valence-electron chi connectivity index (χ0n) is 12.5. The van der Waals surface area contributed by atoms with E-state index in [0.29, 0.717) is 5.69 Å². The van der Waals surface area contributed by atoms with Crippen molar-refractivity contribution in [1.82, 2.24) is 0 Å². The number of hydrogen-bond donors (Lipinski definition) is 2. The van der Waals surface area contributed by atoms with E-state index in [4.69, 9.17) is 11.6 Å². The smallest absolute Gasteiger partial charge is 0.246 e. The number of hydrogen-bond acceptors (Lipinski definition) is 2. The second-order valence-corrected chi connectivity index (χ2v) is 5.44. The van der Waals surface area contributed by atoms with E-state index in [0.717, 1.165) is 12.1 Å². The van der Waals surface area contributed by atoms with Crippen LogP contribution in [0.5, 0.6) is 0 Å². The van der Waals surface area contributed by atoms with Gasteiger partial charge in [0, 0.05) is 11.4 Å². The standard InChI is InChI=1S/C17H18ClFN2O/c1-3-12-4-6-13(7-5-12)21-17(22)11(2)20-14-8-9-16(19)15(18)10-14/h4-11,20H,3H2,1-2H3,(H,21,22)/t11-/m1/s1. The van der Waals surface area contributed by atoms with Crippen LogP contribution < -0.4 is 10.6 Å². The van der Waals surface area contributed by atoms with Crippen LogP contribution in [0.1, 0.15) is 19.4 Å². The van der Waals surface area contributed by atoms with Gasteiger partial charge in [-0.25, -0.2) is 4.39 Å². The summed E-state index contributed by atoms with van der Waals surface area (Å²) in [6.45, 7) is 3.81. The van der Waals surface area contributed by atoms with Gasteiger partial charge in [-0.1, -0.05) is 30.7 Å². The summed E-state index contributed by atoms with van der Waals surface area (Å²) in [5.74, 6) is -0.662. The monoisotopic (exact) mass is 320 g/mol. The Morgan fingerprint density at radius 1 is 1.18 bits per heavy atom. The molecule has 0 saturated heterocycles. The Morgan fingerprint density at radius 2 is 1.82 bits per heavy atom. The van der Waals surface area contributed by atoms with Gasteiger partial charge >= 0.3 is 0 Å². The fourth-order valence-electron chi connectivity index (χ4n) is 1.98. The van der Waals surface area contributed by atoms with Crippen LogP contribution >= 0.6 is 11.6 Å². The molecule has 0 heterocycles. The van der Waals surface area contributed by atoms with Gasteiger partial charge in [0.1, 0.15) is 11.9 Å². The number of carbonyl (C=O) groups excluding carboxylic acids is 1. The van der Waals surface area contributed by atoms with Gasteiger partial charge in [0.05, 0.1) is 5.02 Å². The Bertz CT molecular complexity index is 658. The highest BCUT2D eigenvalue weighted by Crippen LogP contribution is 2.20. The van der Waals surface area contributed by atoms with E-state index >= 15 is 0 Å². The molecule has 0 unspecified atom stereocenters. The Kier molecular flexibility index (Phi) is 5.39. The maximum Gasteiger partial charge on any atom is 0.246 e. The van der Waals surface area contributed by atoms with Gasteiger partial charge < -0.3 is 10.6 Å². The number of aryl methyl sites for hydroxylation is 1. The number of halogens is 2. The number of nitrogens with one attached hydrogen (secondary N) is 2. The zero-order chi connectivity index (χ0) is 16.1. The summed E-state index contributed by atoms with van der Waals surface area (Å²) in [6, 6.07) is 11.5. The Morgan fingerprint density at radius 3 is 2.41 bits per heavy atom. The summed E-state index contributed by atoms with van der Waals surface area (Å²) in [5, 5.41) is 5.84. The summed E-state index contributed by atoms with van der Waals surface area (Å²) in [4.78, 5) is 12.1. The number of carbonyl (C=O) groups is 1. The third kappa shape index (κ3) is 4.21. The van der Waals surface area contributed by atoms with Crippen molar-refractivity contribution in [2.45, 2.75) is 26.3 Å². The number of rotatable bonds is 5. The predicted octanol–water partition coefficient (Wildman–Crippen LogP) is 4.48. The lowest BCUT2D eigenvalue weighted by Crippen LogP contribution is -2.31. The van der Waals surface area contributed by atoms with Crippen molar-refractivity contribution >= 4 is 28.9 Å². The minimum Gasteiger partial charge on any atom is -0.374 e. The first kappa shape index (κ1) is 16.3. The van der Waals surface area contributed by atoms with Gasteiger partial charge in [-0.05, 0) is 49.2 Å². The molecule has 1 amide bonds. The number of anilines is 2. The van der Waals surface area contributed by atoms with Crippen LogP contribution in [-0.4, -0.2) is 11.9 Å². The lowest BCUT2D eigenvalue weighted by molar-refractivity contribution is -0.116. The SMILES string of the molecule is CCc1ccc(NC(=O)[C@@H](C)Nc2ccc(F)c(Cl)c2)cc1. The van der Waals surface area contributed by atoms with Crippen molar-refractivity contribution in [2.24, 2.45) is 0 Å². The minimum absolute atomic E-state index is 0.0211. The molecular formula is C17H18ClFN2O. The molecule has 0 fully saturated rings. The summed E-state index contributed by atoms with van der Waals surface area (Å²) >= 11 is 5.72. The van der Waals surface area contributed by atoms with Gasteiger partial charge in [0.2, 0.25) is 5.91 Å². The molecule has 2 aromatic rings. The van der Waals surface area contributed by atoms with Crippen molar-refractivity contribution in [2.75, 3.05) is 10.6 Å². The lowest BCUT2D eigenvalue weighted by Gasteiger charge is -2.15. The molecule has 2 aromatic carbocycles. The maximum absolute atomic E-state index is 13.1. The molecule has 0 bridgehead atoms. The molecule has 5 heteroatoms. The van der Waals surface area contributed by atoms with Gasteiger partial charge in [-0.2, -0.15) is 0 Å². The quantitative estimate of drug-likeness (QED) is 0.852. The second kappa shape index (κ2) is 7.27. The van der Waals surface area contributed by atoms with Crippen LogP contribution in [0.15, 0.2) is 42.5 Å². The predicted molar refractivity (Wildman–Crippen MR) is 88.9 cm³/mol. The Hall–Kier alpha value is -2.07. The molecule has 0 saturated carbocycles. The van der Waals surface area contributed by atoms with E-state index in [2.05, 4.69) is 17.6 Å². The van der Waals surface area contributed by atoms with Crippen LogP contribution in [0, 0.1) is 5.82 Å². The second-order valence-electron chi connectivity index (χ2n) is 5.03. The van der Waals surface area contributed by atoms with Crippen molar-refractivity contribution in [1.29, 1.82) is 0 Å². The average Bonchev–Trinajstić information content (AvgIpc) is 2.51. The highest BCUT2D eigenvalue weighted by Gasteiger charge is 2.13. The van der Waals surface area contributed by atoms with Gasteiger partial charge in [0.25, 0.3) is 0 Å². The van der Waals surface area contributed by atoms with Crippen LogP contribution in [0.2, 0.25) is 5.02 Å². The van der Waals surface area contributed by atoms with E-state index in [1.165, 1.54) is 17.7 Å². The molecule has 0 spiro atoms. The fourth-order valence-corrected chi connectivity index (χ4v) is 2.16. The first-order valence-corrected chi connectivity index (χ1v) is 7.48. The van der Waals surface area contributed by atoms with Gasteiger partial charge in [-0.3, -0.25) is 4.79 Å². The van der Waals surface area contributed by atoms with Crippen molar-refractivity contribution in [3.63, 3.8) is 0 Å². The highest BCUT2D eigenvalue weighted by atomic mass is 35.5. The molecule has 2 N–H and O–H groups in total. The highest BCUT2D eigenvalue weighted by molar-refractivity contribution is 6.31. The van der Waals surface area contributed by atoms with E-state index in [9.17, 15) is 9.18 Å². The largest absolute Gasteiger partial charge is 0.374 e. The number of amides is 1. The maximum atomic E-state index is 13.1. The minimum atomic E-state index is -0.486. The molecule has 116 valence electrons. The van der Waals surface area contributed by atoms with Crippen molar-refractivity contribution < 1.29 is 9.18 Å². The summed E-state index contributed by atoms with van der Waals surface area (Å²) in [7, 11) is 0. The van der Waals surface area contributed by atoms with Crippen molar-refractivity contribution in [3.8, 4) is 0 Å². The number of benzene rings is 2. The average molecular weight is 321 g/mol. The first-order chi connectivity index (χ1) is 10.5. The van der Waals surface area contributed by atoms with Crippen molar-refractivity contribution in [3.05, 3.63) is 58.9 Å². The molecule has 22 heavy (non-hydrogen) atoms. The third-order valence-electron chi connectivity index (χ3n) is 3.33. The summed E-state index contributed by atoms with van der Waals surface area (Å²) in [5.41, 5.74) is 2.55. The first-order valence-electron chi connectivity index (χ1n) is 7.11. The zero-order valence-corrected chi connectivity index (χ0v) is 13.2. The summed E-state index contributed by atoms with van der Waals surface area (Å²) < 4.78 is 13.1. The lowest BCUT2D eigenvalue weighted by atomic mass is 10.1. The molecule has 0 aliphatic heterocycles. The van der Waals surface area contributed by atoms with Crippen LogP contribution in [-0.2, 0) is 11.2 Å².